The number of rotatable bonds is 7. The van der Waals surface area contributed by atoms with Crippen molar-refractivity contribution < 1.29 is 19.5 Å². The topological polar surface area (TPSA) is 109 Å². The van der Waals surface area contributed by atoms with Crippen molar-refractivity contribution in [3.05, 3.63) is 0 Å². The third-order valence-corrected chi connectivity index (χ3v) is 5.23. The van der Waals surface area contributed by atoms with Crippen LogP contribution in [0.1, 0.15) is 25.7 Å². The van der Waals surface area contributed by atoms with Crippen molar-refractivity contribution in [2.24, 2.45) is 23.5 Å². The van der Waals surface area contributed by atoms with Crippen molar-refractivity contribution in [1.29, 1.82) is 0 Å². The molecule has 0 aromatic heterocycles. The average Bonchev–Trinajstić information content (AvgIpc) is 2.94. The lowest BCUT2D eigenvalue weighted by Crippen LogP contribution is -2.46. The lowest BCUT2D eigenvalue weighted by molar-refractivity contribution is -0.144. The number of carbonyl (C=O) groups is 3. The highest BCUT2D eigenvalue weighted by atomic mass is 32.2. The Morgan fingerprint density at radius 1 is 1.25 bits per heavy atom. The Morgan fingerprint density at radius 2 is 1.95 bits per heavy atom. The van der Waals surface area contributed by atoms with Crippen molar-refractivity contribution in [2.45, 2.75) is 31.7 Å². The van der Waals surface area contributed by atoms with Gasteiger partial charge in [-0.1, -0.05) is 0 Å². The molecule has 20 heavy (non-hydrogen) atoms. The highest BCUT2D eigenvalue weighted by molar-refractivity contribution is 7.99. The van der Waals surface area contributed by atoms with Gasteiger partial charge in [0.1, 0.15) is 0 Å². The number of aliphatic carboxylic acids is 1. The van der Waals surface area contributed by atoms with E-state index in [9.17, 15) is 19.5 Å². The summed E-state index contributed by atoms with van der Waals surface area (Å²) in [6.45, 7) is 0. The van der Waals surface area contributed by atoms with Gasteiger partial charge in [-0.05, 0) is 31.1 Å². The number of carboxylic acid groups (broad SMARTS) is 1. The zero-order valence-corrected chi connectivity index (χ0v) is 12.0. The fraction of sp³-hybridized carbons (Fsp3) is 0.769. The molecule has 0 saturated heterocycles. The fourth-order valence-corrected chi connectivity index (χ4v) is 4.13. The number of hydrogen-bond donors (Lipinski definition) is 3. The van der Waals surface area contributed by atoms with Crippen LogP contribution < -0.4 is 11.1 Å². The van der Waals surface area contributed by atoms with Gasteiger partial charge in [0.2, 0.25) is 11.8 Å². The molecule has 0 spiro atoms. The van der Waals surface area contributed by atoms with E-state index in [0.717, 1.165) is 19.3 Å². The lowest BCUT2D eigenvalue weighted by Gasteiger charge is -2.28. The minimum absolute atomic E-state index is 0.134. The predicted molar refractivity (Wildman–Crippen MR) is 75.0 cm³/mol. The molecule has 2 fully saturated rings. The number of amides is 2. The number of hydrogen-bond acceptors (Lipinski definition) is 4. The van der Waals surface area contributed by atoms with Crippen LogP contribution in [0.3, 0.4) is 0 Å². The molecule has 7 heteroatoms. The van der Waals surface area contributed by atoms with Crippen molar-refractivity contribution in [1.82, 2.24) is 5.32 Å². The second kappa shape index (κ2) is 6.47. The van der Waals surface area contributed by atoms with Crippen LogP contribution in [-0.4, -0.2) is 40.4 Å². The highest BCUT2D eigenvalue weighted by Crippen LogP contribution is 2.48. The van der Waals surface area contributed by atoms with Gasteiger partial charge in [0, 0.05) is 18.2 Å². The Balaban J connectivity index is 1.78. The second-order valence-electron chi connectivity index (χ2n) is 5.56. The van der Waals surface area contributed by atoms with Crippen LogP contribution in [-0.2, 0) is 14.4 Å². The molecule has 0 aliphatic heterocycles. The summed E-state index contributed by atoms with van der Waals surface area (Å²) in [6.07, 6.45) is 3.18. The van der Waals surface area contributed by atoms with Crippen LogP contribution in [0.4, 0.5) is 0 Å². The first-order chi connectivity index (χ1) is 9.49. The molecule has 4 N–H and O–H groups in total. The number of nitrogens with one attached hydrogen (secondary N) is 1. The largest absolute Gasteiger partial charge is 0.481 e. The molecule has 2 amide bonds. The third kappa shape index (κ3) is 3.45. The van der Waals surface area contributed by atoms with Crippen molar-refractivity contribution in [3.8, 4) is 0 Å². The summed E-state index contributed by atoms with van der Waals surface area (Å²) >= 11 is 1.32. The number of thioether (sulfide) groups is 1. The van der Waals surface area contributed by atoms with E-state index >= 15 is 0 Å². The number of fused-ring (bicyclic) bond motifs is 2. The van der Waals surface area contributed by atoms with Gasteiger partial charge in [-0.2, -0.15) is 11.8 Å². The standard InChI is InChI=1S/C13H20N2O4S/c14-9(16)6-20-4-3-10(17)15-12-8-2-1-7(5-8)11(12)13(18)19/h7-8,11-12H,1-6H2,(H2,14,16)(H,15,17)(H,18,19). The summed E-state index contributed by atoms with van der Waals surface area (Å²) < 4.78 is 0. The number of nitrogens with two attached hydrogens (primary N) is 1. The van der Waals surface area contributed by atoms with Gasteiger partial charge in [-0.15, -0.1) is 0 Å². The molecule has 2 aliphatic carbocycles. The zero-order chi connectivity index (χ0) is 14.7. The Bertz CT molecular complexity index is 415. The molecule has 4 unspecified atom stereocenters. The van der Waals surface area contributed by atoms with Crippen molar-refractivity contribution in [2.75, 3.05) is 11.5 Å². The van der Waals surface area contributed by atoms with Crippen LogP contribution in [0, 0.1) is 17.8 Å². The summed E-state index contributed by atoms with van der Waals surface area (Å²) in [5.74, 6) is -0.510. The first-order valence-corrected chi connectivity index (χ1v) is 8.02. The van der Waals surface area contributed by atoms with Crippen LogP contribution in [0.5, 0.6) is 0 Å². The summed E-state index contributed by atoms with van der Waals surface area (Å²) in [5, 5.41) is 12.2. The van der Waals surface area contributed by atoms with Gasteiger partial charge < -0.3 is 16.2 Å². The Morgan fingerprint density at radius 3 is 2.60 bits per heavy atom. The normalized spacial score (nSPS) is 31.2. The SMILES string of the molecule is NC(=O)CSCCC(=O)NC1C2CCC(C2)C1C(=O)O. The summed E-state index contributed by atoms with van der Waals surface area (Å²) in [5.41, 5.74) is 5.01. The molecule has 0 radical (unpaired) electrons. The Hall–Kier alpha value is -1.24. The quantitative estimate of drug-likeness (QED) is 0.582. The zero-order valence-electron chi connectivity index (χ0n) is 11.2. The summed E-state index contributed by atoms with van der Waals surface area (Å²) in [7, 11) is 0. The first-order valence-electron chi connectivity index (χ1n) is 6.87. The second-order valence-corrected chi connectivity index (χ2v) is 6.66. The molecule has 2 aliphatic rings. The molecule has 0 aromatic rings. The van der Waals surface area contributed by atoms with E-state index in [-0.39, 0.29) is 30.0 Å². The van der Waals surface area contributed by atoms with E-state index in [1.54, 1.807) is 0 Å². The maximum Gasteiger partial charge on any atom is 0.308 e. The molecule has 0 heterocycles. The van der Waals surface area contributed by atoms with E-state index in [2.05, 4.69) is 5.32 Å². The van der Waals surface area contributed by atoms with Crippen LogP contribution in [0.15, 0.2) is 0 Å². The summed E-state index contributed by atoms with van der Waals surface area (Å²) in [4.78, 5) is 33.7. The van der Waals surface area contributed by atoms with Crippen molar-refractivity contribution in [3.63, 3.8) is 0 Å². The molecule has 2 bridgehead atoms. The number of primary amides is 1. The van der Waals surface area contributed by atoms with Gasteiger partial charge in [0.25, 0.3) is 0 Å². The van der Waals surface area contributed by atoms with Gasteiger partial charge in [-0.25, -0.2) is 0 Å². The van der Waals surface area contributed by atoms with E-state index in [1.807, 2.05) is 0 Å². The molecule has 112 valence electrons. The van der Waals surface area contributed by atoms with E-state index in [0.29, 0.717) is 11.7 Å². The average molecular weight is 300 g/mol. The van der Waals surface area contributed by atoms with Crippen LogP contribution in [0.2, 0.25) is 0 Å². The molecule has 0 aromatic carbocycles. The minimum Gasteiger partial charge on any atom is -0.481 e. The third-order valence-electron chi connectivity index (χ3n) is 4.25. The molecular weight excluding hydrogens is 280 g/mol. The van der Waals surface area contributed by atoms with Crippen molar-refractivity contribution >= 4 is 29.5 Å². The van der Waals surface area contributed by atoms with Crippen LogP contribution >= 0.6 is 11.8 Å². The predicted octanol–water partition coefficient (Wildman–Crippen LogP) is 0.211. The maximum absolute atomic E-state index is 11.9. The monoisotopic (exact) mass is 300 g/mol. The Kier molecular flexibility index (Phi) is 4.91. The smallest absolute Gasteiger partial charge is 0.308 e. The van der Waals surface area contributed by atoms with E-state index in [1.165, 1.54) is 11.8 Å². The Labute approximate surface area is 121 Å². The molecular formula is C13H20N2O4S. The summed E-state index contributed by atoms with van der Waals surface area (Å²) in [6, 6.07) is -0.222. The maximum atomic E-state index is 11.9. The molecule has 6 nitrogen and oxygen atoms in total. The van der Waals surface area contributed by atoms with Gasteiger partial charge in [0.05, 0.1) is 11.7 Å². The molecule has 2 saturated carbocycles. The first kappa shape index (κ1) is 15.2. The number of carbonyl (C=O) groups excluding carboxylic acids is 2. The highest BCUT2D eigenvalue weighted by Gasteiger charge is 2.51. The molecule has 4 atom stereocenters. The minimum atomic E-state index is -0.800. The lowest BCUT2D eigenvalue weighted by atomic mass is 9.84. The van der Waals surface area contributed by atoms with Gasteiger partial charge in [0.15, 0.2) is 0 Å². The number of carboxylic acids is 1. The molecule has 2 rings (SSSR count). The fourth-order valence-electron chi connectivity index (χ4n) is 3.45. The van der Waals surface area contributed by atoms with Gasteiger partial charge in [-0.3, -0.25) is 14.4 Å². The van der Waals surface area contributed by atoms with E-state index in [4.69, 9.17) is 5.73 Å². The van der Waals surface area contributed by atoms with Crippen LogP contribution in [0.25, 0.3) is 0 Å². The van der Waals surface area contributed by atoms with Gasteiger partial charge >= 0.3 is 5.97 Å². The van der Waals surface area contributed by atoms with E-state index < -0.39 is 17.8 Å².